The molecule has 0 unspecified atom stereocenters. The average molecular weight is 973 g/mol. The number of aromatic nitrogens is 2. The van der Waals surface area contributed by atoms with Gasteiger partial charge in [-0.05, 0) is 86.1 Å². The zero-order valence-electron chi connectivity index (χ0n) is 39.2. The number of para-hydroxylation sites is 2. The molecule has 2 aliphatic carbocycles. The van der Waals surface area contributed by atoms with E-state index in [1.54, 1.807) is 22.7 Å². The molecule has 4 aromatic carbocycles. The quantitative estimate of drug-likeness (QED) is 0.118. The van der Waals surface area contributed by atoms with E-state index in [0.29, 0.717) is 11.1 Å². The van der Waals surface area contributed by atoms with E-state index < -0.39 is 0 Å². The van der Waals surface area contributed by atoms with E-state index >= 15 is 0 Å². The fraction of sp³-hybridized carbons (Fsp3) is 0.393. The van der Waals surface area contributed by atoms with Gasteiger partial charge in [-0.3, -0.25) is 19.2 Å². The minimum Gasteiger partial charge on any atom is -0.375 e. The third kappa shape index (κ3) is 9.11. The summed E-state index contributed by atoms with van der Waals surface area (Å²) in [5.41, 5.74) is 5.85. The second-order valence-corrected chi connectivity index (χ2v) is 21.5. The van der Waals surface area contributed by atoms with Crippen LogP contribution in [0.3, 0.4) is 0 Å². The first kappa shape index (κ1) is 46.0. The maximum Gasteiger partial charge on any atom is 0.251 e. The van der Waals surface area contributed by atoms with Crippen LogP contribution in [0.5, 0.6) is 0 Å². The highest BCUT2D eigenvalue weighted by Crippen LogP contribution is 2.54. The number of hydrogen-bond acceptors (Lipinski definition) is 10. The molecule has 12 rings (SSSR count). The molecule has 4 aliphatic heterocycles. The number of nitrogens with one attached hydrogen (secondary N) is 4. The molecule has 10 atom stereocenters. The van der Waals surface area contributed by atoms with Crippen LogP contribution in [0, 0.1) is 23.7 Å². The minimum atomic E-state index is -0.185. The van der Waals surface area contributed by atoms with E-state index in [4.69, 9.17) is 0 Å². The number of carbonyl (C=O) groups is 4. The Kier molecular flexibility index (Phi) is 13.5. The molecule has 14 heteroatoms. The minimum absolute atomic E-state index is 0.0289. The Hall–Kier alpha value is -6.38. The largest absolute Gasteiger partial charge is 0.375 e. The lowest BCUT2D eigenvalue weighted by molar-refractivity contribution is -0.139. The number of fused-ring (bicyclic) bond motifs is 6. The lowest BCUT2D eigenvalue weighted by Crippen LogP contribution is -2.50. The number of rotatable bonds is 8. The first-order valence-electron chi connectivity index (χ1n) is 25.2. The van der Waals surface area contributed by atoms with Gasteiger partial charge in [0.2, 0.25) is 11.8 Å². The first-order valence-corrected chi connectivity index (χ1v) is 27.0. The average Bonchev–Trinajstić information content (AvgIpc) is 4.28. The lowest BCUT2D eigenvalue weighted by Gasteiger charge is -2.41. The van der Waals surface area contributed by atoms with Crippen LogP contribution in [-0.2, 0) is 9.59 Å². The Morgan fingerprint density at radius 1 is 0.500 bits per heavy atom. The molecule has 12 nitrogen and oxygen atoms in total. The third-order valence-corrected chi connectivity index (χ3v) is 17.5. The molecule has 2 aromatic heterocycles. The van der Waals surface area contributed by atoms with Gasteiger partial charge in [-0.25, -0.2) is 9.97 Å². The Morgan fingerprint density at radius 2 is 0.900 bits per heavy atom. The molecule has 360 valence electrons. The molecular weight excluding hydrogens is 913 g/mol. The number of thiazole rings is 2. The second kappa shape index (κ2) is 20.5. The normalized spacial score (nSPS) is 27.4. The fourth-order valence-electron chi connectivity index (χ4n) is 12.5. The van der Waals surface area contributed by atoms with Crippen LogP contribution in [0.1, 0.15) is 130 Å². The summed E-state index contributed by atoms with van der Waals surface area (Å²) in [6.07, 6.45) is 13.0. The van der Waals surface area contributed by atoms with Crippen LogP contribution in [0.4, 0.5) is 11.4 Å². The van der Waals surface area contributed by atoms with Crippen molar-refractivity contribution in [3.8, 4) is 0 Å². The third-order valence-electron chi connectivity index (χ3n) is 15.8. The summed E-state index contributed by atoms with van der Waals surface area (Å²) >= 11 is 3.34. The van der Waals surface area contributed by atoms with Crippen molar-refractivity contribution >= 4 is 57.7 Å². The van der Waals surface area contributed by atoms with Crippen LogP contribution >= 0.6 is 22.7 Å². The smallest absolute Gasteiger partial charge is 0.251 e. The van der Waals surface area contributed by atoms with E-state index in [9.17, 15) is 19.2 Å². The summed E-state index contributed by atoms with van der Waals surface area (Å²) < 4.78 is 0. The van der Waals surface area contributed by atoms with Crippen molar-refractivity contribution in [2.75, 3.05) is 23.7 Å². The summed E-state index contributed by atoms with van der Waals surface area (Å²) in [5, 5.41) is 20.0. The van der Waals surface area contributed by atoms with Gasteiger partial charge in [0.25, 0.3) is 11.8 Å². The zero-order chi connectivity index (χ0) is 47.6. The molecule has 6 heterocycles. The molecule has 70 heavy (non-hydrogen) atoms. The molecule has 6 aliphatic rings. The molecule has 2 saturated heterocycles. The Bertz CT molecular complexity index is 2590. The van der Waals surface area contributed by atoms with Gasteiger partial charge in [0.1, 0.15) is 10.0 Å². The van der Waals surface area contributed by atoms with Crippen LogP contribution in [0.15, 0.2) is 132 Å². The van der Waals surface area contributed by atoms with E-state index in [2.05, 4.69) is 77.4 Å². The number of benzene rings is 4. The van der Waals surface area contributed by atoms with E-state index in [1.165, 1.54) is 11.1 Å². The molecule has 4 N–H and O–H groups in total. The van der Waals surface area contributed by atoms with Crippen molar-refractivity contribution in [3.05, 3.63) is 165 Å². The molecule has 0 bridgehead atoms. The van der Waals surface area contributed by atoms with Crippen molar-refractivity contribution < 1.29 is 19.2 Å². The Balaban J connectivity index is 0.000000152. The lowest BCUT2D eigenvalue weighted by atomic mass is 9.81. The Morgan fingerprint density at radius 3 is 1.31 bits per heavy atom. The van der Waals surface area contributed by atoms with E-state index in [-0.39, 0.29) is 83.6 Å². The summed E-state index contributed by atoms with van der Waals surface area (Å²) in [4.78, 5) is 67.5. The van der Waals surface area contributed by atoms with Gasteiger partial charge < -0.3 is 31.1 Å². The van der Waals surface area contributed by atoms with Gasteiger partial charge in [0.05, 0.1) is 36.0 Å². The van der Waals surface area contributed by atoms with Gasteiger partial charge in [-0.2, -0.15) is 0 Å². The maximum absolute atomic E-state index is 14.1. The maximum atomic E-state index is 14.1. The summed E-state index contributed by atoms with van der Waals surface area (Å²) in [6.45, 7) is 1.48. The topological polar surface area (TPSA) is 149 Å². The molecular formula is C56H60N8O4S2. The molecule has 4 amide bonds. The molecule has 0 radical (unpaired) electrons. The molecule has 0 spiro atoms. The van der Waals surface area contributed by atoms with Gasteiger partial charge in [-0.1, -0.05) is 98.5 Å². The number of hydrogen-bond donors (Lipinski definition) is 4. The van der Waals surface area contributed by atoms with Crippen molar-refractivity contribution in [2.45, 2.75) is 100 Å². The molecule has 6 aromatic rings. The number of amides is 4. The predicted octanol–water partition coefficient (Wildman–Crippen LogP) is 10.4. The highest BCUT2D eigenvalue weighted by atomic mass is 32.1. The number of carbonyl (C=O) groups excluding carboxylic acids is 4. The monoisotopic (exact) mass is 972 g/mol. The first-order chi connectivity index (χ1) is 34.4. The summed E-state index contributed by atoms with van der Waals surface area (Å²) in [7, 11) is 0. The number of likely N-dealkylation sites (tertiary alicyclic amines) is 2. The fourth-order valence-corrected chi connectivity index (χ4v) is 14.0. The van der Waals surface area contributed by atoms with E-state index in [1.807, 2.05) is 96.0 Å². The van der Waals surface area contributed by atoms with Crippen LogP contribution in [-0.4, -0.2) is 68.6 Å². The number of nitrogens with zero attached hydrogens (tertiary/aromatic N) is 4. The highest BCUT2D eigenvalue weighted by molar-refractivity contribution is 7.09. The summed E-state index contributed by atoms with van der Waals surface area (Å²) in [5.74, 6) is 0.375. The summed E-state index contributed by atoms with van der Waals surface area (Å²) in [6, 6.07) is 35.3. The standard InChI is InChI=1S/2C28H30N4O2S/c2*33-26(18-8-2-1-3-9-18)31-23-13-7-5-11-20(23)28(34)32-16-14-21-24(27-29-15-17-35-27)30-22-12-6-4-10-19(22)25(21)32/h2*1-4,6,8-10,12,15,17,20-21,23-25,30H,5,7,11,13-14,16H2,(H,31,33)/t20-,21+,23+,24+,25-;20-,21-,23+,24-,25+/m00/s1. The molecule has 2 saturated carbocycles. The van der Waals surface area contributed by atoms with Gasteiger partial charge in [-0.15, -0.1) is 22.7 Å². The molecule has 4 fully saturated rings. The van der Waals surface area contributed by atoms with Crippen molar-refractivity contribution in [3.63, 3.8) is 0 Å². The number of anilines is 2. The zero-order valence-corrected chi connectivity index (χ0v) is 40.8. The van der Waals surface area contributed by atoms with Crippen LogP contribution in [0.2, 0.25) is 0 Å². The van der Waals surface area contributed by atoms with Gasteiger partial charge >= 0.3 is 0 Å². The van der Waals surface area contributed by atoms with Crippen molar-refractivity contribution in [1.82, 2.24) is 30.4 Å². The van der Waals surface area contributed by atoms with E-state index in [0.717, 1.165) is 98.7 Å². The SMILES string of the molecule is O=C(N[C@@H]1CCCC[C@@H]1C(=O)N1CC[C@@H]2[C@H](c3nccs3)Nc3ccccc3[C@@H]21)c1ccccc1.O=C(N[C@@H]1CCCC[C@@H]1C(=O)N1CC[C@H]2[C@@H](c3nccs3)Nc3ccccc3[C@H]21)c1ccccc1. The Labute approximate surface area is 417 Å². The van der Waals surface area contributed by atoms with Crippen molar-refractivity contribution in [2.24, 2.45) is 23.7 Å². The van der Waals surface area contributed by atoms with Gasteiger partial charge in [0.15, 0.2) is 0 Å². The van der Waals surface area contributed by atoms with Crippen LogP contribution in [0.25, 0.3) is 0 Å². The second-order valence-electron chi connectivity index (χ2n) is 19.7. The highest BCUT2D eigenvalue weighted by Gasteiger charge is 2.51. The van der Waals surface area contributed by atoms with Crippen LogP contribution < -0.4 is 21.3 Å². The van der Waals surface area contributed by atoms with Gasteiger partial charge in [0, 0.05) is 82.7 Å². The predicted molar refractivity (Wildman–Crippen MR) is 274 cm³/mol. The van der Waals surface area contributed by atoms with Crippen molar-refractivity contribution in [1.29, 1.82) is 0 Å².